The third kappa shape index (κ3) is 2.81. The molecule has 108 valence electrons. The number of nitrogens with one attached hydrogen (secondary N) is 1. The molecule has 0 bridgehead atoms. The van der Waals surface area contributed by atoms with Crippen LogP contribution in [0.3, 0.4) is 0 Å². The predicted molar refractivity (Wildman–Crippen MR) is 72.1 cm³/mol. The summed E-state index contributed by atoms with van der Waals surface area (Å²) < 4.78 is 5.09. The first-order valence-corrected chi connectivity index (χ1v) is 6.40. The first-order valence-electron chi connectivity index (χ1n) is 6.40. The van der Waals surface area contributed by atoms with E-state index in [-0.39, 0.29) is 13.0 Å². The Morgan fingerprint density at radius 2 is 2.05 bits per heavy atom. The van der Waals surface area contributed by atoms with Gasteiger partial charge in [-0.1, -0.05) is 29.8 Å². The predicted octanol–water partition coefficient (Wildman–Crippen LogP) is 0.355. The van der Waals surface area contributed by atoms with Crippen LogP contribution in [0.2, 0.25) is 0 Å². The average Bonchev–Trinajstić information content (AvgIpc) is 2.88. The number of carboxylic acid groups (broad SMARTS) is 1. The lowest BCUT2D eigenvalue weighted by molar-refractivity contribution is -0.147. The standard InChI is InChI=1S/C14H18N2O4/c1-9-2-4-10(5-3-9)11(15)12(17)16-14(13(18)19)6-7-20-8-14/h2-5,11H,6-8,15H2,1H3,(H,16,17)(H,18,19). The van der Waals surface area contributed by atoms with Crippen LogP contribution < -0.4 is 11.1 Å². The number of carboxylic acids is 1. The Kier molecular flexibility index (Phi) is 4.06. The molecule has 2 unspecified atom stereocenters. The van der Waals surface area contributed by atoms with E-state index in [1.54, 1.807) is 12.1 Å². The molecule has 0 saturated carbocycles. The Morgan fingerprint density at radius 3 is 2.55 bits per heavy atom. The minimum absolute atomic E-state index is 0.0330. The van der Waals surface area contributed by atoms with E-state index in [9.17, 15) is 14.7 Å². The molecule has 4 N–H and O–H groups in total. The van der Waals surface area contributed by atoms with Crippen LogP contribution in [-0.2, 0) is 14.3 Å². The molecule has 1 aliphatic rings. The van der Waals surface area contributed by atoms with Crippen LogP contribution >= 0.6 is 0 Å². The molecule has 0 radical (unpaired) electrons. The molecule has 6 nitrogen and oxygen atoms in total. The average molecular weight is 278 g/mol. The number of carbonyl (C=O) groups is 2. The van der Waals surface area contributed by atoms with Gasteiger partial charge < -0.3 is 20.9 Å². The fourth-order valence-corrected chi connectivity index (χ4v) is 2.12. The maximum Gasteiger partial charge on any atom is 0.331 e. The number of ether oxygens (including phenoxy) is 1. The van der Waals surface area contributed by atoms with Gasteiger partial charge in [0.2, 0.25) is 5.91 Å². The third-order valence-electron chi connectivity index (χ3n) is 3.51. The van der Waals surface area contributed by atoms with Crippen molar-refractivity contribution in [3.05, 3.63) is 35.4 Å². The number of carbonyl (C=O) groups excluding carboxylic acids is 1. The molecule has 2 rings (SSSR count). The van der Waals surface area contributed by atoms with E-state index in [0.717, 1.165) is 5.56 Å². The number of nitrogens with two attached hydrogens (primary N) is 1. The topological polar surface area (TPSA) is 102 Å². The lowest BCUT2D eigenvalue weighted by Gasteiger charge is -2.25. The molecule has 1 aliphatic heterocycles. The second kappa shape index (κ2) is 5.60. The van der Waals surface area contributed by atoms with E-state index < -0.39 is 23.5 Å². The van der Waals surface area contributed by atoms with Crippen molar-refractivity contribution in [1.29, 1.82) is 0 Å². The molecular formula is C14H18N2O4. The third-order valence-corrected chi connectivity index (χ3v) is 3.51. The summed E-state index contributed by atoms with van der Waals surface area (Å²) in [5, 5.41) is 11.8. The van der Waals surface area contributed by atoms with Gasteiger partial charge in [-0.05, 0) is 12.5 Å². The zero-order valence-electron chi connectivity index (χ0n) is 11.3. The van der Waals surface area contributed by atoms with Crippen LogP contribution in [-0.4, -0.2) is 35.7 Å². The lowest BCUT2D eigenvalue weighted by atomic mass is 9.97. The molecule has 1 aromatic rings. The van der Waals surface area contributed by atoms with Gasteiger partial charge in [0, 0.05) is 13.0 Å². The van der Waals surface area contributed by atoms with Crippen LogP contribution in [0.15, 0.2) is 24.3 Å². The zero-order chi connectivity index (χ0) is 14.8. The molecule has 1 aromatic carbocycles. The van der Waals surface area contributed by atoms with E-state index in [4.69, 9.17) is 10.5 Å². The molecule has 0 spiro atoms. The highest BCUT2D eigenvalue weighted by Gasteiger charge is 2.44. The molecule has 2 atom stereocenters. The van der Waals surface area contributed by atoms with Gasteiger partial charge in [-0.25, -0.2) is 4.79 Å². The fraction of sp³-hybridized carbons (Fsp3) is 0.429. The lowest BCUT2D eigenvalue weighted by Crippen LogP contribution is -2.57. The number of rotatable bonds is 4. The van der Waals surface area contributed by atoms with Gasteiger partial charge in [0.05, 0.1) is 6.61 Å². The maximum absolute atomic E-state index is 12.1. The first-order chi connectivity index (χ1) is 9.44. The largest absolute Gasteiger partial charge is 0.479 e. The molecule has 1 amide bonds. The van der Waals surface area contributed by atoms with Gasteiger partial charge in [0.15, 0.2) is 5.54 Å². The summed E-state index contributed by atoms with van der Waals surface area (Å²) in [6.45, 7) is 2.21. The Labute approximate surface area is 116 Å². The van der Waals surface area contributed by atoms with Gasteiger partial charge in [-0.2, -0.15) is 0 Å². The summed E-state index contributed by atoms with van der Waals surface area (Å²) in [5.41, 5.74) is 6.23. The molecule has 1 heterocycles. The SMILES string of the molecule is Cc1ccc(C(N)C(=O)NC2(C(=O)O)CCOC2)cc1. The van der Waals surface area contributed by atoms with Crippen molar-refractivity contribution in [1.82, 2.24) is 5.32 Å². The van der Waals surface area contributed by atoms with Crippen LogP contribution in [0.1, 0.15) is 23.6 Å². The molecule has 0 aliphatic carbocycles. The number of amides is 1. The van der Waals surface area contributed by atoms with E-state index in [2.05, 4.69) is 5.32 Å². The van der Waals surface area contributed by atoms with Crippen molar-refractivity contribution in [3.8, 4) is 0 Å². The number of hydrogen-bond acceptors (Lipinski definition) is 4. The van der Waals surface area contributed by atoms with Crippen molar-refractivity contribution in [3.63, 3.8) is 0 Å². The van der Waals surface area contributed by atoms with Crippen LogP contribution in [0.4, 0.5) is 0 Å². The highest BCUT2D eigenvalue weighted by Crippen LogP contribution is 2.21. The van der Waals surface area contributed by atoms with E-state index in [0.29, 0.717) is 12.2 Å². The van der Waals surface area contributed by atoms with Crippen molar-refractivity contribution < 1.29 is 19.4 Å². The van der Waals surface area contributed by atoms with Crippen molar-refractivity contribution >= 4 is 11.9 Å². The highest BCUT2D eigenvalue weighted by atomic mass is 16.5. The van der Waals surface area contributed by atoms with Gasteiger partial charge in [0.1, 0.15) is 6.04 Å². The normalized spacial score (nSPS) is 23.3. The molecule has 6 heteroatoms. The molecule has 1 fully saturated rings. The van der Waals surface area contributed by atoms with Gasteiger partial charge in [-0.15, -0.1) is 0 Å². The van der Waals surface area contributed by atoms with Crippen LogP contribution in [0.25, 0.3) is 0 Å². The summed E-state index contributed by atoms with van der Waals surface area (Å²) in [7, 11) is 0. The van der Waals surface area contributed by atoms with Crippen LogP contribution in [0, 0.1) is 6.92 Å². The number of benzene rings is 1. The summed E-state index contributed by atoms with van der Waals surface area (Å²) in [5.74, 6) is -1.61. The Morgan fingerprint density at radius 1 is 1.40 bits per heavy atom. The van der Waals surface area contributed by atoms with Gasteiger partial charge >= 0.3 is 5.97 Å². The number of hydrogen-bond donors (Lipinski definition) is 3. The smallest absolute Gasteiger partial charge is 0.331 e. The number of aryl methyl sites for hydroxylation is 1. The summed E-state index contributed by atoms with van der Waals surface area (Å²) >= 11 is 0. The van der Waals surface area contributed by atoms with Crippen molar-refractivity contribution in [2.45, 2.75) is 24.9 Å². The fourth-order valence-electron chi connectivity index (χ4n) is 2.12. The molecule has 20 heavy (non-hydrogen) atoms. The Hall–Kier alpha value is -1.92. The first kappa shape index (κ1) is 14.5. The maximum atomic E-state index is 12.1. The Bertz CT molecular complexity index is 506. The quantitative estimate of drug-likeness (QED) is 0.738. The minimum Gasteiger partial charge on any atom is -0.479 e. The number of aliphatic carboxylic acids is 1. The highest BCUT2D eigenvalue weighted by molar-refractivity contribution is 5.90. The van der Waals surface area contributed by atoms with Crippen LogP contribution in [0.5, 0.6) is 0 Å². The minimum atomic E-state index is -1.36. The molecular weight excluding hydrogens is 260 g/mol. The molecule has 1 saturated heterocycles. The van der Waals surface area contributed by atoms with E-state index in [1.165, 1.54) is 0 Å². The zero-order valence-corrected chi connectivity index (χ0v) is 11.3. The van der Waals surface area contributed by atoms with Crippen molar-refractivity contribution in [2.24, 2.45) is 5.73 Å². The summed E-state index contributed by atoms with van der Waals surface area (Å²) in [6, 6.07) is 6.34. The summed E-state index contributed by atoms with van der Waals surface area (Å²) in [6.07, 6.45) is 0.245. The van der Waals surface area contributed by atoms with E-state index in [1.807, 2.05) is 19.1 Å². The Balaban J connectivity index is 2.11. The second-order valence-corrected chi connectivity index (χ2v) is 5.07. The summed E-state index contributed by atoms with van der Waals surface area (Å²) in [4.78, 5) is 23.5. The monoisotopic (exact) mass is 278 g/mol. The second-order valence-electron chi connectivity index (χ2n) is 5.07. The van der Waals surface area contributed by atoms with Gasteiger partial charge in [0.25, 0.3) is 0 Å². The molecule has 0 aromatic heterocycles. The van der Waals surface area contributed by atoms with Crippen molar-refractivity contribution in [2.75, 3.05) is 13.2 Å². The van der Waals surface area contributed by atoms with Gasteiger partial charge in [-0.3, -0.25) is 4.79 Å². The van der Waals surface area contributed by atoms with E-state index >= 15 is 0 Å².